The molecular formula is C19H26N4O2. The summed E-state index contributed by atoms with van der Waals surface area (Å²) < 4.78 is 5.51. The zero-order valence-corrected chi connectivity index (χ0v) is 14.9. The molecule has 134 valence electrons. The van der Waals surface area contributed by atoms with Gasteiger partial charge in [-0.05, 0) is 25.5 Å². The highest BCUT2D eigenvalue weighted by Crippen LogP contribution is 2.21. The average molecular weight is 342 g/mol. The second kappa shape index (κ2) is 8.32. The average Bonchev–Trinajstić information content (AvgIpc) is 2.87. The molecule has 6 heteroatoms. The van der Waals surface area contributed by atoms with E-state index in [1.165, 1.54) is 0 Å². The molecule has 0 aliphatic carbocycles. The van der Waals surface area contributed by atoms with Gasteiger partial charge in [0.05, 0.1) is 30.5 Å². The number of ether oxygens (including phenoxy) is 1. The molecule has 2 fully saturated rings. The van der Waals surface area contributed by atoms with Crippen LogP contribution in [-0.4, -0.2) is 74.2 Å². The first-order valence-corrected chi connectivity index (χ1v) is 9.03. The van der Waals surface area contributed by atoms with Crippen LogP contribution < -0.4 is 4.90 Å². The molecule has 0 radical (unpaired) electrons. The molecular weight excluding hydrogens is 316 g/mol. The number of nitrogens with zero attached hydrogens (tertiary/aromatic N) is 4. The Kier molecular flexibility index (Phi) is 5.90. The summed E-state index contributed by atoms with van der Waals surface area (Å²) in [5.74, 6) is 0.195. The maximum absolute atomic E-state index is 12.5. The van der Waals surface area contributed by atoms with Crippen LogP contribution in [-0.2, 0) is 9.53 Å². The Hall–Kier alpha value is -2.10. The first-order chi connectivity index (χ1) is 12.2. The highest BCUT2D eigenvalue weighted by Gasteiger charge is 2.24. The Balaban J connectivity index is 1.56. The van der Waals surface area contributed by atoms with Crippen LogP contribution in [0.15, 0.2) is 24.3 Å². The quantitative estimate of drug-likeness (QED) is 0.829. The number of benzene rings is 1. The van der Waals surface area contributed by atoms with E-state index in [1.54, 1.807) is 0 Å². The molecule has 1 amide bonds. The minimum Gasteiger partial charge on any atom is -0.375 e. The van der Waals surface area contributed by atoms with E-state index in [0.717, 1.165) is 38.3 Å². The fraction of sp³-hybridized carbons (Fsp3) is 0.579. The molecule has 25 heavy (non-hydrogen) atoms. The summed E-state index contributed by atoms with van der Waals surface area (Å²) in [5, 5.41) is 9.31. The molecule has 1 aromatic carbocycles. The number of hydrogen-bond donors (Lipinski definition) is 0. The predicted molar refractivity (Wildman–Crippen MR) is 96.4 cm³/mol. The van der Waals surface area contributed by atoms with Gasteiger partial charge in [-0.1, -0.05) is 12.1 Å². The number of para-hydroxylation sites is 1. The SMILES string of the molecule is C[C@@H]1CN(C(=O)CN2CCCN(c3ccccc3C#N)CC2)CCO1. The van der Waals surface area contributed by atoms with E-state index in [9.17, 15) is 10.1 Å². The molecule has 0 N–H and O–H groups in total. The maximum Gasteiger partial charge on any atom is 0.236 e. The Labute approximate surface area is 149 Å². The van der Waals surface area contributed by atoms with E-state index in [-0.39, 0.29) is 12.0 Å². The van der Waals surface area contributed by atoms with Gasteiger partial charge >= 0.3 is 0 Å². The van der Waals surface area contributed by atoms with Gasteiger partial charge in [0.1, 0.15) is 6.07 Å². The summed E-state index contributed by atoms with van der Waals surface area (Å²) >= 11 is 0. The standard InChI is InChI=1S/C19H26N4O2/c1-16-14-23(11-12-25-16)19(24)15-21-7-4-8-22(10-9-21)18-6-3-2-5-17(18)13-20/h2-3,5-6,16H,4,7-12,14-15H2,1H3/t16-/m1/s1. The van der Waals surface area contributed by atoms with E-state index in [2.05, 4.69) is 15.9 Å². The van der Waals surface area contributed by atoms with Crippen LogP contribution in [0.5, 0.6) is 0 Å². The molecule has 2 saturated heterocycles. The van der Waals surface area contributed by atoms with E-state index in [1.807, 2.05) is 36.1 Å². The van der Waals surface area contributed by atoms with Gasteiger partial charge in [-0.3, -0.25) is 9.69 Å². The Bertz CT molecular complexity index is 643. The van der Waals surface area contributed by atoms with Gasteiger partial charge in [0.2, 0.25) is 5.91 Å². The lowest BCUT2D eigenvalue weighted by atomic mass is 10.1. The van der Waals surface area contributed by atoms with Gasteiger partial charge in [-0.25, -0.2) is 0 Å². The van der Waals surface area contributed by atoms with Crippen LogP contribution in [0.3, 0.4) is 0 Å². The number of carbonyl (C=O) groups is 1. The van der Waals surface area contributed by atoms with Crippen LogP contribution in [0.4, 0.5) is 5.69 Å². The first-order valence-electron chi connectivity index (χ1n) is 9.03. The summed E-state index contributed by atoms with van der Waals surface area (Å²) in [6.07, 6.45) is 1.12. The normalized spacial score (nSPS) is 22.3. The van der Waals surface area contributed by atoms with Crippen molar-refractivity contribution in [2.24, 2.45) is 0 Å². The Morgan fingerprint density at radius 3 is 2.88 bits per heavy atom. The number of rotatable bonds is 3. The minimum atomic E-state index is 0.125. The number of hydrogen-bond acceptors (Lipinski definition) is 5. The molecule has 0 unspecified atom stereocenters. The van der Waals surface area contributed by atoms with Crippen molar-refractivity contribution in [3.8, 4) is 6.07 Å². The monoisotopic (exact) mass is 342 g/mol. The van der Waals surface area contributed by atoms with Crippen molar-refractivity contribution >= 4 is 11.6 Å². The predicted octanol–water partition coefficient (Wildman–Crippen LogP) is 1.32. The first kappa shape index (κ1) is 17.7. The van der Waals surface area contributed by atoms with E-state index < -0.39 is 0 Å². The third-order valence-corrected chi connectivity index (χ3v) is 4.91. The summed E-state index contributed by atoms with van der Waals surface area (Å²) in [6, 6.07) is 10.0. The molecule has 2 aliphatic heterocycles. The molecule has 6 nitrogen and oxygen atoms in total. The van der Waals surface area contributed by atoms with Crippen LogP contribution in [0.1, 0.15) is 18.9 Å². The van der Waals surface area contributed by atoms with Gasteiger partial charge < -0.3 is 14.5 Å². The minimum absolute atomic E-state index is 0.125. The van der Waals surface area contributed by atoms with Crippen LogP contribution >= 0.6 is 0 Å². The van der Waals surface area contributed by atoms with Crippen molar-refractivity contribution in [3.63, 3.8) is 0 Å². The summed E-state index contributed by atoms with van der Waals surface area (Å²) in [6.45, 7) is 8.00. The second-order valence-electron chi connectivity index (χ2n) is 6.77. The van der Waals surface area contributed by atoms with E-state index >= 15 is 0 Å². The van der Waals surface area contributed by atoms with Gasteiger partial charge in [0.15, 0.2) is 0 Å². The van der Waals surface area contributed by atoms with E-state index in [0.29, 0.717) is 31.8 Å². The lowest BCUT2D eigenvalue weighted by Gasteiger charge is -2.32. The van der Waals surface area contributed by atoms with Crippen molar-refractivity contribution in [2.75, 3.05) is 57.3 Å². The zero-order valence-electron chi connectivity index (χ0n) is 14.9. The molecule has 0 aromatic heterocycles. The van der Waals surface area contributed by atoms with Crippen molar-refractivity contribution in [2.45, 2.75) is 19.4 Å². The molecule has 0 bridgehead atoms. The molecule has 1 aromatic rings. The van der Waals surface area contributed by atoms with Crippen LogP contribution in [0, 0.1) is 11.3 Å². The number of nitriles is 1. The number of morpholine rings is 1. The number of anilines is 1. The van der Waals surface area contributed by atoms with Crippen LogP contribution in [0.2, 0.25) is 0 Å². The molecule has 2 aliphatic rings. The fourth-order valence-electron chi connectivity index (χ4n) is 3.55. The lowest BCUT2D eigenvalue weighted by Crippen LogP contribution is -2.48. The third kappa shape index (κ3) is 4.50. The highest BCUT2D eigenvalue weighted by atomic mass is 16.5. The Morgan fingerprint density at radius 2 is 2.08 bits per heavy atom. The summed E-state index contributed by atoms with van der Waals surface area (Å²) in [7, 11) is 0. The van der Waals surface area contributed by atoms with Crippen molar-refractivity contribution < 1.29 is 9.53 Å². The van der Waals surface area contributed by atoms with Gasteiger partial charge in [-0.15, -0.1) is 0 Å². The maximum atomic E-state index is 12.5. The van der Waals surface area contributed by atoms with Crippen LogP contribution in [0.25, 0.3) is 0 Å². The van der Waals surface area contributed by atoms with Crippen molar-refractivity contribution in [1.29, 1.82) is 5.26 Å². The largest absolute Gasteiger partial charge is 0.375 e. The zero-order chi connectivity index (χ0) is 17.6. The molecule has 1 atom stereocenters. The molecule has 0 spiro atoms. The van der Waals surface area contributed by atoms with E-state index in [4.69, 9.17) is 4.74 Å². The molecule has 0 saturated carbocycles. The van der Waals surface area contributed by atoms with Gasteiger partial charge in [0, 0.05) is 39.3 Å². The lowest BCUT2D eigenvalue weighted by molar-refractivity contribution is -0.139. The Morgan fingerprint density at radius 1 is 1.24 bits per heavy atom. The van der Waals surface area contributed by atoms with Gasteiger partial charge in [-0.2, -0.15) is 5.26 Å². The second-order valence-corrected chi connectivity index (χ2v) is 6.77. The topological polar surface area (TPSA) is 59.8 Å². The van der Waals surface area contributed by atoms with Crippen molar-refractivity contribution in [1.82, 2.24) is 9.80 Å². The molecule has 2 heterocycles. The van der Waals surface area contributed by atoms with Crippen molar-refractivity contribution in [3.05, 3.63) is 29.8 Å². The summed E-state index contributed by atoms with van der Waals surface area (Å²) in [4.78, 5) is 19.0. The third-order valence-electron chi connectivity index (χ3n) is 4.91. The number of amides is 1. The molecule has 3 rings (SSSR count). The fourth-order valence-corrected chi connectivity index (χ4v) is 3.55. The highest BCUT2D eigenvalue weighted by molar-refractivity contribution is 5.78. The smallest absolute Gasteiger partial charge is 0.236 e. The number of carbonyl (C=O) groups excluding carboxylic acids is 1. The summed E-state index contributed by atoms with van der Waals surface area (Å²) in [5.41, 5.74) is 1.72. The van der Waals surface area contributed by atoms with Gasteiger partial charge in [0.25, 0.3) is 0 Å².